The van der Waals surface area contributed by atoms with Crippen LogP contribution in [0.15, 0.2) is 11.6 Å². The van der Waals surface area contributed by atoms with Gasteiger partial charge >= 0.3 is 0 Å². The van der Waals surface area contributed by atoms with Crippen molar-refractivity contribution < 1.29 is 17.9 Å². The number of rotatable bonds is 5. The highest BCUT2D eigenvalue weighted by molar-refractivity contribution is 7.88. The van der Waals surface area contributed by atoms with Crippen molar-refractivity contribution in [1.29, 1.82) is 0 Å². The third-order valence-electron chi connectivity index (χ3n) is 4.14. The minimum absolute atomic E-state index is 0.0257. The maximum Gasteiger partial charge on any atom is 0.211 e. The summed E-state index contributed by atoms with van der Waals surface area (Å²) in [4.78, 5) is 4.18. The summed E-state index contributed by atoms with van der Waals surface area (Å²) in [5, 5.41) is 2.89. The van der Waals surface area contributed by atoms with Gasteiger partial charge in [-0.1, -0.05) is 0 Å². The van der Waals surface area contributed by atoms with E-state index in [0.29, 0.717) is 26.4 Å². The molecule has 3 unspecified atom stereocenters. The molecule has 3 atom stereocenters. The van der Waals surface area contributed by atoms with Gasteiger partial charge in [-0.25, -0.2) is 13.4 Å². The van der Waals surface area contributed by atoms with E-state index < -0.39 is 10.0 Å². The molecule has 3 rings (SSSR count). The molecule has 0 N–H and O–H groups in total. The molecule has 1 saturated carbocycles. The number of sulfonamides is 1. The van der Waals surface area contributed by atoms with Crippen molar-refractivity contribution in [3.05, 3.63) is 16.6 Å². The summed E-state index contributed by atoms with van der Waals surface area (Å²) in [7, 11) is -3.16. The first-order valence-corrected chi connectivity index (χ1v) is 9.83. The maximum absolute atomic E-state index is 11.8. The van der Waals surface area contributed by atoms with Crippen LogP contribution in [0.5, 0.6) is 0 Å². The van der Waals surface area contributed by atoms with Crippen LogP contribution in [0.4, 0.5) is 0 Å². The van der Waals surface area contributed by atoms with Gasteiger partial charge in [0.1, 0.15) is 5.01 Å². The second-order valence-corrected chi connectivity index (χ2v) is 8.47. The lowest BCUT2D eigenvalue weighted by molar-refractivity contribution is -0.0638. The number of hydrogen-bond donors (Lipinski definition) is 0. The lowest BCUT2D eigenvalue weighted by Gasteiger charge is -2.37. The average Bonchev–Trinajstić information content (AvgIpc) is 3.07. The van der Waals surface area contributed by atoms with Crippen LogP contribution in [0.2, 0.25) is 0 Å². The number of thiazole rings is 1. The van der Waals surface area contributed by atoms with Crippen molar-refractivity contribution in [3.63, 3.8) is 0 Å². The molecular weight excluding hydrogens is 312 g/mol. The highest BCUT2D eigenvalue weighted by Gasteiger charge is 2.45. The van der Waals surface area contributed by atoms with Gasteiger partial charge in [0.25, 0.3) is 0 Å². The van der Waals surface area contributed by atoms with E-state index in [0.717, 1.165) is 17.8 Å². The summed E-state index contributed by atoms with van der Waals surface area (Å²) in [6.07, 6.45) is 4.80. The normalized spacial score (nSPS) is 30.4. The van der Waals surface area contributed by atoms with Crippen LogP contribution in [-0.4, -0.2) is 55.9 Å². The predicted molar refractivity (Wildman–Crippen MR) is 79.6 cm³/mol. The summed E-state index contributed by atoms with van der Waals surface area (Å²) < 4.78 is 36.8. The molecular formula is C13H20N2O4S2. The molecule has 0 spiro atoms. The quantitative estimate of drug-likeness (QED) is 0.808. The highest BCUT2D eigenvalue weighted by atomic mass is 32.2. The Labute approximate surface area is 129 Å². The predicted octanol–water partition coefficient (Wildman–Crippen LogP) is 1.10. The fourth-order valence-corrected chi connectivity index (χ4v) is 4.91. The van der Waals surface area contributed by atoms with Crippen LogP contribution in [0.25, 0.3) is 0 Å². The van der Waals surface area contributed by atoms with Gasteiger partial charge in [0.05, 0.1) is 38.2 Å². The van der Waals surface area contributed by atoms with Gasteiger partial charge in [-0.05, 0) is 12.8 Å². The molecule has 2 heterocycles. The zero-order chi connectivity index (χ0) is 14.9. The number of morpholine rings is 1. The summed E-state index contributed by atoms with van der Waals surface area (Å²) in [6.45, 7) is 2.05. The van der Waals surface area contributed by atoms with E-state index >= 15 is 0 Å². The number of nitrogens with zero attached hydrogens (tertiary/aromatic N) is 2. The number of ether oxygens (including phenoxy) is 2. The molecule has 6 nitrogen and oxygen atoms in total. The number of hydrogen-bond acceptors (Lipinski definition) is 6. The van der Waals surface area contributed by atoms with Crippen molar-refractivity contribution in [1.82, 2.24) is 9.29 Å². The Morgan fingerprint density at radius 3 is 3.10 bits per heavy atom. The monoisotopic (exact) mass is 332 g/mol. The van der Waals surface area contributed by atoms with Crippen molar-refractivity contribution in [2.24, 2.45) is 5.92 Å². The molecule has 2 aliphatic rings. The molecule has 8 heteroatoms. The second-order valence-electron chi connectivity index (χ2n) is 5.55. The van der Waals surface area contributed by atoms with Gasteiger partial charge < -0.3 is 9.47 Å². The second kappa shape index (κ2) is 6.29. The van der Waals surface area contributed by atoms with Crippen LogP contribution in [0.1, 0.15) is 17.8 Å². The Morgan fingerprint density at radius 1 is 1.52 bits per heavy atom. The summed E-state index contributed by atoms with van der Waals surface area (Å²) in [5.41, 5.74) is 0. The van der Waals surface area contributed by atoms with E-state index in [-0.39, 0.29) is 18.1 Å². The van der Waals surface area contributed by atoms with Gasteiger partial charge in [-0.2, -0.15) is 4.31 Å². The minimum Gasteiger partial charge on any atom is -0.375 e. The zero-order valence-electron chi connectivity index (χ0n) is 12.0. The number of fused-ring (bicyclic) bond motifs is 1. The highest BCUT2D eigenvalue weighted by Crippen LogP contribution is 2.36. The Bertz CT molecular complexity index is 561. The molecule has 0 bridgehead atoms. The lowest BCUT2D eigenvalue weighted by atomic mass is 10.1. The number of aromatic nitrogens is 1. The fraction of sp³-hybridized carbons (Fsp3) is 0.769. The molecule has 118 valence electrons. The Hall–Kier alpha value is -0.540. The molecule has 1 aromatic heterocycles. The molecule has 0 amide bonds. The van der Waals surface area contributed by atoms with E-state index in [9.17, 15) is 8.42 Å². The SMILES string of the molecule is CS(=O)(=O)N1CCOC2C(COCc3nccs3)CCC21. The van der Waals surface area contributed by atoms with Gasteiger partial charge in [-0.3, -0.25) is 0 Å². The third kappa shape index (κ3) is 3.45. The van der Waals surface area contributed by atoms with Gasteiger partial charge in [0.15, 0.2) is 0 Å². The third-order valence-corrected chi connectivity index (χ3v) is 6.19. The Morgan fingerprint density at radius 2 is 2.38 bits per heavy atom. The largest absolute Gasteiger partial charge is 0.375 e. The van der Waals surface area contributed by atoms with E-state index in [4.69, 9.17) is 9.47 Å². The summed E-state index contributed by atoms with van der Waals surface area (Å²) in [6, 6.07) is -0.0257. The standard InChI is InChI=1S/C13H20N2O4S2/c1-21(16,17)15-5-6-19-13-10(2-3-11(13)15)8-18-9-12-14-4-7-20-12/h4,7,10-11,13H,2-3,5-6,8-9H2,1H3. The first-order chi connectivity index (χ1) is 10.1. The van der Waals surface area contributed by atoms with Crippen LogP contribution >= 0.6 is 11.3 Å². The molecule has 1 aromatic rings. The zero-order valence-corrected chi connectivity index (χ0v) is 13.6. The molecule has 1 aliphatic heterocycles. The topological polar surface area (TPSA) is 68.7 Å². The van der Waals surface area contributed by atoms with Crippen molar-refractivity contribution in [2.45, 2.75) is 31.6 Å². The van der Waals surface area contributed by atoms with Crippen LogP contribution < -0.4 is 0 Å². The van der Waals surface area contributed by atoms with Crippen molar-refractivity contribution >= 4 is 21.4 Å². The lowest BCUT2D eigenvalue weighted by Crippen LogP contribution is -2.52. The Balaban J connectivity index is 1.57. The molecule has 0 radical (unpaired) electrons. The van der Waals surface area contributed by atoms with Crippen molar-refractivity contribution in [3.8, 4) is 0 Å². The first-order valence-electron chi connectivity index (χ1n) is 7.10. The van der Waals surface area contributed by atoms with Crippen molar-refractivity contribution in [2.75, 3.05) is 26.0 Å². The summed E-state index contributed by atoms with van der Waals surface area (Å²) in [5.74, 6) is 0.263. The van der Waals surface area contributed by atoms with Gasteiger partial charge in [0.2, 0.25) is 10.0 Å². The summed E-state index contributed by atoms with van der Waals surface area (Å²) >= 11 is 1.58. The Kier molecular flexibility index (Phi) is 4.60. The smallest absolute Gasteiger partial charge is 0.211 e. The first kappa shape index (κ1) is 15.4. The molecule has 1 aliphatic carbocycles. The van der Waals surface area contributed by atoms with Crippen LogP contribution in [-0.2, 0) is 26.1 Å². The molecule has 2 fully saturated rings. The van der Waals surface area contributed by atoms with Gasteiger partial charge in [-0.15, -0.1) is 11.3 Å². The van der Waals surface area contributed by atoms with E-state index in [1.54, 1.807) is 21.8 Å². The fourth-order valence-electron chi connectivity index (χ4n) is 3.24. The molecule has 1 saturated heterocycles. The maximum atomic E-state index is 11.8. The molecule has 21 heavy (non-hydrogen) atoms. The van der Waals surface area contributed by atoms with Crippen LogP contribution in [0, 0.1) is 5.92 Å². The average molecular weight is 332 g/mol. The van der Waals surface area contributed by atoms with Crippen LogP contribution in [0.3, 0.4) is 0 Å². The van der Waals surface area contributed by atoms with E-state index in [2.05, 4.69) is 4.98 Å². The van der Waals surface area contributed by atoms with E-state index in [1.807, 2.05) is 5.38 Å². The van der Waals surface area contributed by atoms with E-state index in [1.165, 1.54) is 6.26 Å². The molecule has 0 aromatic carbocycles. The minimum atomic E-state index is -3.16. The van der Waals surface area contributed by atoms with Gasteiger partial charge in [0, 0.05) is 24.0 Å².